The Balaban J connectivity index is 2.22. The van der Waals surface area contributed by atoms with E-state index in [-0.39, 0.29) is 17.5 Å². The SMILES string of the molecule is CNC(=O)C1CCCN(c2cc(N)cc([N+](=O)[O-])c2)C1. The molecule has 1 atom stereocenters. The van der Waals surface area contributed by atoms with Crippen LogP contribution in [0.5, 0.6) is 0 Å². The minimum Gasteiger partial charge on any atom is -0.398 e. The summed E-state index contributed by atoms with van der Waals surface area (Å²) in [6.07, 6.45) is 1.71. The van der Waals surface area contributed by atoms with E-state index in [0.717, 1.165) is 19.4 Å². The third-order valence-electron chi connectivity index (χ3n) is 3.54. The number of nitrogen functional groups attached to an aromatic ring is 1. The minimum atomic E-state index is -0.458. The number of nitro benzene ring substituents is 1. The van der Waals surface area contributed by atoms with E-state index in [1.165, 1.54) is 12.1 Å². The van der Waals surface area contributed by atoms with Gasteiger partial charge in [-0.3, -0.25) is 14.9 Å². The van der Waals surface area contributed by atoms with Crippen molar-refractivity contribution in [3.63, 3.8) is 0 Å². The number of nitro groups is 1. The van der Waals surface area contributed by atoms with Crippen molar-refractivity contribution in [2.24, 2.45) is 5.92 Å². The van der Waals surface area contributed by atoms with Crippen molar-refractivity contribution in [1.82, 2.24) is 5.32 Å². The molecule has 0 saturated carbocycles. The summed E-state index contributed by atoms with van der Waals surface area (Å²) in [6, 6.07) is 4.55. The molecule has 20 heavy (non-hydrogen) atoms. The Hall–Kier alpha value is -2.31. The molecule has 3 N–H and O–H groups in total. The van der Waals surface area contributed by atoms with Gasteiger partial charge in [0.15, 0.2) is 0 Å². The van der Waals surface area contributed by atoms with Crippen molar-refractivity contribution in [3.8, 4) is 0 Å². The molecule has 1 aromatic carbocycles. The van der Waals surface area contributed by atoms with Gasteiger partial charge in [0.1, 0.15) is 0 Å². The number of piperidine rings is 1. The molecule has 1 heterocycles. The number of hydrogen-bond donors (Lipinski definition) is 2. The Morgan fingerprint density at radius 3 is 2.90 bits per heavy atom. The summed E-state index contributed by atoms with van der Waals surface area (Å²) in [5.74, 6) is -0.0812. The summed E-state index contributed by atoms with van der Waals surface area (Å²) in [5.41, 5.74) is 6.75. The first kappa shape index (κ1) is 14.1. The zero-order valence-corrected chi connectivity index (χ0v) is 11.3. The number of amides is 1. The Labute approximate surface area is 116 Å². The van der Waals surface area contributed by atoms with Crippen molar-refractivity contribution >= 4 is 23.0 Å². The van der Waals surface area contributed by atoms with Gasteiger partial charge in [-0.2, -0.15) is 0 Å². The lowest BCUT2D eigenvalue weighted by Gasteiger charge is -2.33. The summed E-state index contributed by atoms with van der Waals surface area (Å²) in [5, 5.41) is 13.5. The lowest BCUT2D eigenvalue weighted by Crippen LogP contribution is -2.42. The zero-order valence-electron chi connectivity index (χ0n) is 11.3. The Morgan fingerprint density at radius 1 is 1.50 bits per heavy atom. The fourth-order valence-corrected chi connectivity index (χ4v) is 2.54. The van der Waals surface area contributed by atoms with Gasteiger partial charge in [-0.05, 0) is 18.9 Å². The molecule has 1 amide bonds. The van der Waals surface area contributed by atoms with E-state index in [9.17, 15) is 14.9 Å². The first-order valence-corrected chi connectivity index (χ1v) is 6.52. The van der Waals surface area contributed by atoms with Crippen LogP contribution in [0.3, 0.4) is 0 Å². The molecule has 0 bridgehead atoms. The third kappa shape index (κ3) is 2.98. The first-order chi connectivity index (χ1) is 9.51. The summed E-state index contributed by atoms with van der Waals surface area (Å²) >= 11 is 0. The number of rotatable bonds is 3. The van der Waals surface area contributed by atoms with Gasteiger partial charge in [0.25, 0.3) is 5.69 Å². The quantitative estimate of drug-likeness (QED) is 0.490. The number of carbonyl (C=O) groups is 1. The minimum absolute atomic E-state index is 0.00750. The summed E-state index contributed by atoms with van der Waals surface area (Å²) in [4.78, 5) is 24.1. The maximum absolute atomic E-state index is 11.7. The van der Waals surface area contributed by atoms with Gasteiger partial charge in [-0.25, -0.2) is 0 Å². The average molecular weight is 278 g/mol. The van der Waals surface area contributed by atoms with Crippen LogP contribution in [-0.2, 0) is 4.79 Å². The topological polar surface area (TPSA) is 102 Å². The van der Waals surface area contributed by atoms with Crippen LogP contribution in [0.25, 0.3) is 0 Å². The molecule has 0 aliphatic carbocycles. The van der Waals surface area contributed by atoms with E-state index in [1.54, 1.807) is 13.1 Å². The highest BCUT2D eigenvalue weighted by molar-refractivity contribution is 5.79. The van der Waals surface area contributed by atoms with E-state index < -0.39 is 4.92 Å². The molecule has 1 aliphatic heterocycles. The number of anilines is 2. The molecule has 7 nitrogen and oxygen atoms in total. The molecule has 1 saturated heterocycles. The highest BCUT2D eigenvalue weighted by atomic mass is 16.6. The second kappa shape index (κ2) is 5.77. The molecule has 1 aliphatic rings. The van der Waals surface area contributed by atoms with Gasteiger partial charge in [0.05, 0.1) is 10.8 Å². The van der Waals surface area contributed by atoms with Crippen LogP contribution in [0.1, 0.15) is 12.8 Å². The number of nitrogens with zero attached hydrogens (tertiary/aromatic N) is 2. The second-order valence-electron chi connectivity index (χ2n) is 4.94. The van der Waals surface area contributed by atoms with Crippen LogP contribution in [0.2, 0.25) is 0 Å². The van der Waals surface area contributed by atoms with Crippen LogP contribution >= 0.6 is 0 Å². The number of hydrogen-bond acceptors (Lipinski definition) is 5. The van der Waals surface area contributed by atoms with E-state index >= 15 is 0 Å². The molecular weight excluding hydrogens is 260 g/mol. The molecule has 0 spiro atoms. The van der Waals surface area contributed by atoms with E-state index in [1.807, 2.05) is 4.90 Å². The number of benzene rings is 1. The summed E-state index contributed by atoms with van der Waals surface area (Å²) in [6.45, 7) is 1.33. The molecule has 1 unspecified atom stereocenters. The van der Waals surface area contributed by atoms with Crippen LogP contribution < -0.4 is 16.0 Å². The van der Waals surface area contributed by atoms with Crippen LogP contribution in [0.4, 0.5) is 17.1 Å². The maximum Gasteiger partial charge on any atom is 0.273 e. The highest BCUT2D eigenvalue weighted by Crippen LogP contribution is 2.29. The maximum atomic E-state index is 11.7. The molecule has 0 radical (unpaired) electrons. The van der Waals surface area contributed by atoms with Crippen LogP contribution in [0.15, 0.2) is 18.2 Å². The zero-order chi connectivity index (χ0) is 14.7. The first-order valence-electron chi connectivity index (χ1n) is 6.52. The van der Waals surface area contributed by atoms with Crippen molar-refractivity contribution in [2.45, 2.75) is 12.8 Å². The number of carbonyl (C=O) groups excluding carboxylic acids is 1. The predicted molar refractivity (Wildman–Crippen MR) is 76.5 cm³/mol. The summed E-state index contributed by atoms with van der Waals surface area (Å²) < 4.78 is 0. The highest BCUT2D eigenvalue weighted by Gasteiger charge is 2.26. The van der Waals surface area contributed by atoms with E-state index in [4.69, 9.17) is 5.73 Å². The van der Waals surface area contributed by atoms with Gasteiger partial charge in [-0.1, -0.05) is 0 Å². The Morgan fingerprint density at radius 2 is 2.25 bits per heavy atom. The lowest BCUT2D eigenvalue weighted by atomic mass is 9.96. The monoisotopic (exact) mass is 278 g/mol. The lowest BCUT2D eigenvalue weighted by molar-refractivity contribution is -0.384. The van der Waals surface area contributed by atoms with Gasteiger partial charge in [-0.15, -0.1) is 0 Å². The predicted octanol–water partition coefficient (Wildman–Crippen LogP) is 1.14. The number of non-ortho nitro benzene ring substituents is 1. The normalized spacial score (nSPS) is 18.6. The smallest absolute Gasteiger partial charge is 0.273 e. The van der Waals surface area contributed by atoms with Crippen LogP contribution in [-0.4, -0.2) is 31.0 Å². The van der Waals surface area contributed by atoms with Gasteiger partial charge >= 0.3 is 0 Å². The molecule has 1 fully saturated rings. The standard InChI is InChI=1S/C13H18N4O3/c1-15-13(18)9-3-2-4-16(8-9)11-5-10(14)6-12(7-11)17(19)20/h5-7,9H,2-4,8,14H2,1H3,(H,15,18). The molecular formula is C13H18N4O3. The van der Waals surface area contributed by atoms with Crippen molar-refractivity contribution in [2.75, 3.05) is 30.8 Å². The molecule has 1 aromatic rings. The fraction of sp³-hybridized carbons (Fsp3) is 0.462. The van der Waals surface area contributed by atoms with Crippen molar-refractivity contribution < 1.29 is 9.72 Å². The third-order valence-corrected chi connectivity index (χ3v) is 3.54. The number of nitrogens with one attached hydrogen (secondary N) is 1. The van der Waals surface area contributed by atoms with E-state index in [2.05, 4.69) is 5.32 Å². The largest absolute Gasteiger partial charge is 0.398 e. The fourth-order valence-electron chi connectivity index (χ4n) is 2.54. The van der Waals surface area contributed by atoms with E-state index in [0.29, 0.717) is 17.9 Å². The summed E-state index contributed by atoms with van der Waals surface area (Å²) in [7, 11) is 1.62. The Bertz CT molecular complexity index is 532. The van der Waals surface area contributed by atoms with Crippen LogP contribution in [0, 0.1) is 16.0 Å². The van der Waals surface area contributed by atoms with Gasteiger partial charge in [0.2, 0.25) is 5.91 Å². The molecule has 0 aromatic heterocycles. The molecule has 7 heteroatoms. The van der Waals surface area contributed by atoms with Gasteiger partial charge in [0, 0.05) is 43.6 Å². The Kier molecular flexibility index (Phi) is 4.07. The van der Waals surface area contributed by atoms with Crippen molar-refractivity contribution in [1.29, 1.82) is 0 Å². The molecule has 108 valence electrons. The number of nitrogens with two attached hydrogens (primary N) is 1. The second-order valence-corrected chi connectivity index (χ2v) is 4.94. The average Bonchev–Trinajstić information content (AvgIpc) is 2.45. The molecule has 2 rings (SSSR count). The van der Waals surface area contributed by atoms with Crippen molar-refractivity contribution in [3.05, 3.63) is 28.3 Å². The van der Waals surface area contributed by atoms with Gasteiger partial charge < -0.3 is 16.0 Å².